The van der Waals surface area contributed by atoms with Gasteiger partial charge in [0.15, 0.2) is 6.29 Å². The summed E-state index contributed by atoms with van der Waals surface area (Å²) in [6.07, 6.45) is 3.14. The zero-order chi connectivity index (χ0) is 12.1. The molecule has 0 spiro atoms. The van der Waals surface area contributed by atoms with Gasteiger partial charge in [-0.3, -0.25) is 4.79 Å². The first-order valence-corrected chi connectivity index (χ1v) is 5.92. The minimum Gasteiger partial charge on any atom is -0.371 e. The number of nitrogens with zero attached hydrogens (tertiary/aromatic N) is 1. The molecule has 0 saturated heterocycles. The van der Waals surface area contributed by atoms with Gasteiger partial charge in [0.2, 0.25) is 0 Å². The summed E-state index contributed by atoms with van der Waals surface area (Å²) in [4.78, 5) is 13.3. The van der Waals surface area contributed by atoms with E-state index in [2.05, 4.69) is 31.9 Å². The topological polar surface area (TPSA) is 20.3 Å². The Morgan fingerprint density at radius 3 is 2.44 bits per heavy atom. The molecule has 0 bridgehead atoms. The van der Waals surface area contributed by atoms with E-state index in [9.17, 15) is 4.79 Å². The maximum Gasteiger partial charge on any atom is 0.152 e. The van der Waals surface area contributed by atoms with Crippen molar-refractivity contribution in [2.45, 2.75) is 39.7 Å². The molecule has 0 radical (unpaired) electrons. The Morgan fingerprint density at radius 2 is 1.94 bits per heavy atom. The monoisotopic (exact) mass is 219 g/mol. The molecule has 0 aliphatic carbocycles. The van der Waals surface area contributed by atoms with E-state index in [0.717, 1.165) is 35.9 Å². The first kappa shape index (κ1) is 12.8. The molecule has 1 aromatic rings. The average molecular weight is 219 g/mol. The van der Waals surface area contributed by atoms with Crippen LogP contribution in [0.15, 0.2) is 18.2 Å². The van der Waals surface area contributed by atoms with E-state index in [-0.39, 0.29) is 0 Å². The van der Waals surface area contributed by atoms with Crippen molar-refractivity contribution in [2.75, 3.05) is 11.9 Å². The number of anilines is 1. The van der Waals surface area contributed by atoms with Gasteiger partial charge < -0.3 is 4.90 Å². The molecule has 0 saturated carbocycles. The van der Waals surface area contributed by atoms with E-state index in [1.165, 1.54) is 0 Å². The van der Waals surface area contributed by atoms with E-state index >= 15 is 0 Å². The van der Waals surface area contributed by atoms with Crippen molar-refractivity contribution in [3.63, 3.8) is 0 Å². The summed E-state index contributed by atoms with van der Waals surface area (Å²) in [5.74, 6) is 0. The van der Waals surface area contributed by atoms with Gasteiger partial charge in [-0.1, -0.05) is 25.5 Å². The zero-order valence-electron chi connectivity index (χ0n) is 10.7. The van der Waals surface area contributed by atoms with Gasteiger partial charge in [0.25, 0.3) is 0 Å². The number of hydrogen-bond acceptors (Lipinski definition) is 2. The Bertz CT molecular complexity index is 356. The van der Waals surface area contributed by atoms with E-state index in [4.69, 9.17) is 0 Å². The maximum absolute atomic E-state index is 11.1. The largest absolute Gasteiger partial charge is 0.371 e. The minimum atomic E-state index is 0.501. The number of carbonyl (C=O) groups excluding carboxylic acids is 1. The highest BCUT2D eigenvalue weighted by molar-refractivity contribution is 5.85. The molecule has 0 amide bonds. The lowest BCUT2D eigenvalue weighted by Crippen LogP contribution is -2.31. The fourth-order valence-corrected chi connectivity index (χ4v) is 2.12. The first-order chi connectivity index (χ1) is 7.63. The maximum atomic E-state index is 11.1. The van der Waals surface area contributed by atoms with E-state index in [0.29, 0.717) is 6.04 Å². The molecule has 0 atom stereocenters. The highest BCUT2D eigenvalue weighted by Crippen LogP contribution is 2.23. The van der Waals surface area contributed by atoms with Gasteiger partial charge in [-0.25, -0.2) is 0 Å². The van der Waals surface area contributed by atoms with Gasteiger partial charge in [0, 0.05) is 24.3 Å². The smallest absolute Gasteiger partial charge is 0.152 e. The molecule has 2 nitrogen and oxygen atoms in total. The van der Waals surface area contributed by atoms with Crippen LogP contribution >= 0.6 is 0 Å². The van der Waals surface area contributed by atoms with Crippen LogP contribution in [-0.4, -0.2) is 19.4 Å². The van der Waals surface area contributed by atoms with Crippen LogP contribution in [0.1, 0.15) is 42.6 Å². The molecular weight excluding hydrogens is 198 g/mol. The minimum absolute atomic E-state index is 0.501. The van der Waals surface area contributed by atoms with Crippen molar-refractivity contribution in [1.29, 1.82) is 0 Å². The van der Waals surface area contributed by atoms with Crippen LogP contribution in [0.3, 0.4) is 0 Å². The molecule has 0 aromatic heterocycles. The Labute approximate surface area is 98.3 Å². The molecule has 1 aromatic carbocycles. The number of hydrogen-bond donors (Lipinski definition) is 0. The summed E-state index contributed by atoms with van der Waals surface area (Å²) in [7, 11) is 2.06. The van der Waals surface area contributed by atoms with E-state index in [1.54, 1.807) is 0 Å². The molecule has 0 N–H and O–H groups in total. The summed E-state index contributed by atoms with van der Waals surface area (Å²) in [5.41, 5.74) is 2.95. The van der Waals surface area contributed by atoms with Gasteiger partial charge in [-0.05, 0) is 31.9 Å². The molecule has 0 aliphatic heterocycles. The van der Waals surface area contributed by atoms with Crippen LogP contribution in [0.2, 0.25) is 0 Å². The van der Waals surface area contributed by atoms with Crippen molar-refractivity contribution < 1.29 is 4.79 Å². The second kappa shape index (κ2) is 5.69. The third-order valence-corrected chi connectivity index (χ3v) is 3.18. The van der Waals surface area contributed by atoms with Crippen molar-refractivity contribution in [3.05, 3.63) is 29.3 Å². The molecule has 16 heavy (non-hydrogen) atoms. The van der Waals surface area contributed by atoms with Crippen molar-refractivity contribution in [3.8, 4) is 0 Å². The summed E-state index contributed by atoms with van der Waals surface area (Å²) in [6.45, 7) is 6.37. The predicted octanol–water partition coefficient (Wildman–Crippen LogP) is 3.43. The Balaban J connectivity index is 3.06. The number of benzene rings is 1. The SMILES string of the molecule is CCC(CC)N(C)c1ccc(C)cc1C=O. The Hall–Kier alpha value is -1.31. The van der Waals surface area contributed by atoms with Gasteiger partial charge in [0.1, 0.15) is 0 Å². The first-order valence-electron chi connectivity index (χ1n) is 5.92. The lowest BCUT2D eigenvalue weighted by Gasteiger charge is -2.29. The predicted molar refractivity (Wildman–Crippen MR) is 69.3 cm³/mol. The van der Waals surface area contributed by atoms with E-state index in [1.807, 2.05) is 19.1 Å². The molecule has 1 rings (SSSR count). The third kappa shape index (κ3) is 2.63. The number of rotatable bonds is 5. The van der Waals surface area contributed by atoms with Gasteiger partial charge in [-0.2, -0.15) is 0 Å². The molecule has 0 aliphatic rings. The zero-order valence-corrected chi connectivity index (χ0v) is 10.7. The van der Waals surface area contributed by atoms with Crippen LogP contribution in [0.25, 0.3) is 0 Å². The van der Waals surface area contributed by atoms with Crippen molar-refractivity contribution in [2.24, 2.45) is 0 Å². The molecule has 2 heteroatoms. The van der Waals surface area contributed by atoms with Crippen molar-refractivity contribution in [1.82, 2.24) is 0 Å². The summed E-state index contributed by atoms with van der Waals surface area (Å²) in [6, 6.07) is 6.54. The van der Waals surface area contributed by atoms with E-state index < -0.39 is 0 Å². The van der Waals surface area contributed by atoms with Gasteiger partial charge in [-0.15, -0.1) is 0 Å². The van der Waals surface area contributed by atoms with Crippen LogP contribution in [0.4, 0.5) is 5.69 Å². The average Bonchev–Trinajstić information content (AvgIpc) is 2.30. The second-order valence-corrected chi connectivity index (χ2v) is 4.26. The van der Waals surface area contributed by atoms with Gasteiger partial charge >= 0.3 is 0 Å². The molecule has 0 unspecified atom stereocenters. The Kier molecular flexibility index (Phi) is 4.53. The molecular formula is C14H21NO. The quantitative estimate of drug-likeness (QED) is 0.707. The summed E-state index contributed by atoms with van der Waals surface area (Å²) >= 11 is 0. The lowest BCUT2D eigenvalue weighted by atomic mass is 10.1. The van der Waals surface area contributed by atoms with Crippen LogP contribution in [0, 0.1) is 6.92 Å². The van der Waals surface area contributed by atoms with Crippen molar-refractivity contribution >= 4 is 12.0 Å². The van der Waals surface area contributed by atoms with Crippen LogP contribution in [0.5, 0.6) is 0 Å². The number of carbonyl (C=O) groups is 1. The molecule has 0 heterocycles. The normalized spacial score (nSPS) is 10.6. The Morgan fingerprint density at radius 1 is 1.31 bits per heavy atom. The second-order valence-electron chi connectivity index (χ2n) is 4.26. The fraction of sp³-hybridized carbons (Fsp3) is 0.500. The summed E-state index contributed by atoms with van der Waals surface area (Å²) in [5, 5.41) is 0. The number of aryl methyl sites for hydroxylation is 1. The van der Waals surface area contributed by atoms with Crippen LogP contribution < -0.4 is 4.90 Å². The third-order valence-electron chi connectivity index (χ3n) is 3.18. The number of aldehydes is 1. The van der Waals surface area contributed by atoms with Crippen LogP contribution in [-0.2, 0) is 0 Å². The summed E-state index contributed by atoms with van der Waals surface area (Å²) < 4.78 is 0. The molecule has 0 fully saturated rings. The molecule has 88 valence electrons. The fourth-order valence-electron chi connectivity index (χ4n) is 2.12. The van der Waals surface area contributed by atoms with Gasteiger partial charge in [0.05, 0.1) is 0 Å². The highest BCUT2D eigenvalue weighted by Gasteiger charge is 2.14. The standard InChI is InChI=1S/C14H21NO/c1-5-13(6-2)15(4)14-8-7-11(3)9-12(14)10-16/h7-10,13H,5-6H2,1-4H3. The highest BCUT2D eigenvalue weighted by atomic mass is 16.1. The lowest BCUT2D eigenvalue weighted by molar-refractivity contribution is 0.112.